The highest BCUT2D eigenvalue weighted by Gasteiger charge is 2.32. The molecule has 1 amide bonds. The number of para-hydroxylation sites is 1. The van der Waals surface area contributed by atoms with Crippen molar-refractivity contribution < 1.29 is 31.9 Å². The molecule has 0 radical (unpaired) electrons. The number of nitrogens with zero attached hydrogens (tertiary/aromatic N) is 1. The van der Waals surface area contributed by atoms with Crippen LogP contribution in [0, 0.1) is 0 Å². The molecule has 0 spiro atoms. The number of morpholine rings is 1. The quantitative estimate of drug-likeness (QED) is 0.529. The van der Waals surface area contributed by atoms with E-state index in [1.807, 2.05) is 13.8 Å². The number of hydrogen-bond donors (Lipinski definition) is 1. The predicted molar refractivity (Wildman–Crippen MR) is 125 cm³/mol. The molecule has 2 heterocycles. The number of anilines is 1. The number of sulfonamides is 1. The summed E-state index contributed by atoms with van der Waals surface area (Å²) in [6.07, 6.45) is -0.413. The molecule has 1 saturated heterocycles. The van der Waals surface area contributed by atoms with Gasteiger partial charge >= 0.3 is 5.97 Å². The molecular formula is C24H26N2O7S. The van der Waals surface area contributed by atoms with Crippen molar-refractivity contribution in [2.75, 3.05) is 25.0 Å². The number of benzene rings is 2. The first kappa shape index (κ1) is 23.9. The third-order valence-electron chi connectivity index (χ3n) is 5.44. The normalized spacial score (nSPS) is 19.1. The van der Waals surface area contributed by atoms with Crippen molar-refractivity contribution >= 4 is 38.6 Å². The van der Waals surface area contributed by atoms with Crippen LogP contribution in [0.1, 0.15) is 41.7 Å². The highest BCUT2D eigenvalue weighted by Crippen LogP contribution is 2.32. The highest BCUT2D eigenvalue weighted by atomic mass is 32.2. The average Bonchev–Trinajstić information content (AvgIpc) is 3.17. The molecule has 10 heteroatoms. The third kappa shape index (κ3) is 4.70. The maximum atomic E-state index is 13.0. The number of fused-ring (bicyclic) bond motifs is 1. The molecule has 180 valence electrons. The molecule has 2 aromatic carbocycles. The molecule has 4 rings (SSSR count). The van der Waals surface area contributed by atoms with Crippen LogP contribution in [0.15, 0.2) is 57.8 Å². The van der Waals surface area contributed by atoms with E-state index in [0.717, 1.165) is 0 Å². The largest absolute Gasteiger partial charge is 0.460 e. The van der Waals surface area contributed by atoms with Gasteiger partial charge in [0, 0.05) is 24.0 Å². The van der Waals surface area contributed by atoms with Crippen molar-refractivity contribution in [2.24, 2.45) is 0 Å². The second-order valence-electron chi connectivity index (χ2n) is 8.08. The molecule has 0 saturated carbocycles. The fraction of sp³-hybridized carbons (Fsp3) is 0.333. The monoisotopic (exact) mass is 486 g/mol. The lowest BCUT2D eigenvalue weighted by atomic mass is 10.2. The molecule has 0 unspecified atom stereocenters. The second-order valence-corrected chi connectivity index (χ2v) is 10.0. The van der Waals surface area contributed by atoms with Gasteiger partial charge in [0.05, 0.1) is 23.7 Å². The SMILES string of the molecule is CCOC(=O)c1oc2ccccc2c1NC(=O)c1ccc(S(=O)(=O)N2C[C@@H](C)O[C@@H](C)C2)cc1. The fourth-order valence-corrected chi connectivity index (χ4v) is 5.54. The van der Waals surface area contributed by atoms with Crippen LogP contribution in [-0.4, -0.2) is 56.5 Å². The summed E-state index contributed by atoms with van der Waals surface area (Å²) in [5.41, 5.74) is 0.853. The summed E-state index contributed by atoms with van der Waals surface area (Å²) in [5.74, 6) is -1.31. The van der Waals surface area contributed by atoms with Crippen molar-refractivity contribution in [1.82, 2.24) is 4.31 Å². The Labute approximate surface area is 197 Å². The van der Waals surface area contributed by atoms with Gasteiger partial charge in [-0.2, -0.15) is 4.31 Å². The Morgan fingerprint density at radius 2 is 1.71 bits per heavy atom. The van der Waals surface area contributed by atoms with Gasteiger partial charge in [-0.3, -0.25) is 4.79 Å². The van der Waals surface area contributed by atoms with E-state index in [1.165, 1.54) is 28.6 Å². The van der Waals surface area contributed by atoms with Crippen LogP contribution in [0.4, 0.5) is 5.69 Å². The van der Waals surface area contributed by atoms with Crippen LogP contribution in [0.3, 0.4) is 0 Å². The first-order valence-electron chi connectivity index (χ1n) is 11.0. The first-order chi connectivity index (χ1) is 16.2. The van der Waals surface area contributed by atoms with Crippen LogP contribution < -0.4 is 5.32 Å². The van der Waals surface area contributed by atoms with Crippen molar-refractivity contribution in [1.29, 1.82) is 0 Å². The van der Waals surface area contributed by atoms with Crippen LogP contribution >= 0.6 is 0 Å². The Hall–Kier alpha value is -3.21. The molecule has 1 aliphatic heterocycles. The van der Waals surface area contributed by atoms with E-state index in [9.17, 15) is 18.0 Å². The molecule has 1 fully saturated rings. The first-order valence-corrected chi connectivity index (χ1v) is 12.4. The summed E-state index contributed by atoms with van der Waals surface area (Å²) in [5, 5.41) is 3.26. The minimum absolute atomic E-state index is 0.0892. The van der Waals surface area contributed by atoms with Gasteiger partial charge in [-0.25, -0.2) is 13.2 Å². The van der Waals surface area contributed by atoms with E-state index in [2.05, 4.69) is 5.32 Å². The van der Waals surface area contributed by atoms with E-state index in [4.69, 9.17) is 13.9 Å². The van der Waals surface area contributed by atoms with Crippen molar-refractivity contribution in [2.45, 2.75) is 37.9 Å². The molecule has 3 aromatic rings. The van der Waals surface area contributed by atoms with E-state index < -0.39 is 21.9 Å². The predicted octanol–water partition coefficient (Wildman–Crippen LogP) is 3.66. The number of carbonyl (C=O) groups is 2. The summed E-state index contributed by atoms with van der Waals surface area (Å²) in [6, 6.07) is 12.6. The summed E-state index contributed by atoms with van der Waals surface area (Å²) in [4.78, 5) is 25.4. The number of carbonyl (C=O) groups excluding carboxylic acids is 2. The number of ether oxygens (including phenoxy) is 2. The van der Waals surface area contributed by atoms with Crippen LogP contribution in [0.5, 0.6) is 0 Å². The lowest BCUT2D eigenvalue weighted by molar-refractivity contribution is -0.0440. The molecular weight excluding hydrogens is 460 g/mol. The van der Waals surface area contributed by atoms with Crippen molar-refractivity contribution in [3.8, 4) is 0 Å². The summed E-state index contributed by atoms with van der Waals surface area (Å²) >= 11 is 0. The average molecular weight is 487 g/mol. The maximum Gasteiger partial charge on any atom is 0.376 e. The zero-order chi connectivity index (χ0) is 24.5. The van der Waals surface area contributed by atoms with E-state index in [-0.39, 0.29) is 53.8 Å². The van der Waals surface area contributed by atoms with Gasteiger partial charge in [-0.05, 0) is 57.2 Å². The minimum atomic E-state index is -3.73. The number of rotatable bonds is 6. The van der Waals surface area contributed by atoms with E-state index in [0.29, 0.717) is 11.0 Å². The van der Waals surface area contributed by atoms with Crippen LogP contribution in [0.2, 0.25) is 0 Å². The smallest absolute Gasteiger partial charge is 0.376 e. The number of amides is 1. The maximum absolute atomic E-state index is 13.0. The topological polar surface area (TPSA) is 115 Å². The summed E-state index contributed by atoms with van der Waals surface area (Å²) < 4.78 is 43.8. The van der Waals surface area contributed by atoms with Crippen LogP contribution in [0.25, 0.3) is 11.0 Å². The fourth-order valence-electron chi connectivity index (χ4n) is 3.95. The molecule has 2 atom stereocenters. The number of esters is 1. The van der Waals surface area contributed by atoms with Crippen molar-refractivity contribution in [3.05, 3.63) is 59.9 Å². The Morgan fingerprint density at radius 3 is 2.35 bits per heavy atom. The molecule has 34 heavy (non-hydrogen) atoms. The second kappa shape index (κ2) is 9.57. The molecule has 0 aliphatic carbocycles. The van der Waals surface area contributed by atoms with Gasteiger partial charge < -0.3 is 19.2 Å². The summed E-state index contributed by atoms with van der Waals surface area (Å²) in [7, 11) is -3.73. The highest BCUT2D eigenvalue weighted by molar-refractivity contribution is 7.89. The van der Waals surface area contributed by atoms with Gasteiger partial charge in [-0.15, -0.1) is 0 Å². The standard InChI is InChI=1S/C24H26N2O7S/c1-4-31-24(28)22-21(19-7-5-6-8-20(19)33-22)25-23(27)17-9-11-18(12-10-17)34(29,30)26-13-15(2)32-16(3)14-26/h5-12,15-16H,4,13-14H2,1-3H3,(H,25,27)/t15-,16+. The Kier molecular flexibility index (Phi) is 6.74. The zero-order valence-electron chi connectivity index (χ0n) is 19.1. The molecule has 1 N–H and O–H groups in total. The van der Waals surface area contributed by atoms with Gasteiger partial charge in [0.25, 0.3) is 5.91 Å². The van der Waals surface area contributed by atoms with E-state index >= 15 is 0 Å². The van der Waals surface area contributed by atoms with E-state index in [1.54, 1.807) is 31.2 Å². The molecule has 1 aromatic heterocycles. The Morgan fingerprint density at radius 1 is 1.06 bits per heavy atom. The lowest BCUT2D eigenvalue weighted by Gasteiger charge is -2.34. The van der Waals surface area contributed by atoms with Crippen LogP contribution in [-0.2, 0) is 19.5 Å². The van der Waals surface area contributed by atoms with Gasteiger partial charge in [-0.1, -0.05) is 12.1 Å². The molecule has 0 bridgehead atoms. The van der Waals surface area contributed by atoms with Gasteiger partial charge in [0.1, 0.15) is 11.3 Å². The minimum Gasteiger partial charge on any atom is -0.460 e. The third-order valence-corrected chi connectivity index (χ3v) is 7.28. The number of nitrogens with one attached hydrogen (secondary N) is 1. The summed E-state index contributed by atoms with van der Waals surface area (Å²) in [6.45, 7) is 6.01. The van der Waals surface area contributed by atoms with Gasteiger partial charge in [0.2, 0.25) is 15.8 Å². The zero-order valence-corrected chi connectivity index (χ0v) is 19.9. The Balaban J connectivity index is 1.58. The number of hydrogen-bond acceptors (Lipinski definition) is 7. The van der Waals surface area contributed by atoms with Crippen molar-refractivity contribution in [3.63, 3.8) is 0 Å². The Bertz CT molecular complexity index is 1300. The van der Waals surface area contributed by atoms with Gasteiger partial charge in [0.15, 0.2) is 0 Å². The lowest BCUT2D eigenvalue weighted by Crippen LogP contribution is -2.48. The molecule has 1 aliphatic rings. The number of furan rings is 1. The molecule has 9 nitrogen and oxygen atoms in total.